The van der Waals surface area contributed by atoms with Crippen molar-refractivity contribution in [3.8, 4) is 0 Å². The number of nitrogens with zero attached hydrogens (tertiary/aromatic N) is 2. The van der Waals surface area contributed by atoms with Crippen molar-refractivity contribution in [1.29, 1.82) is 0 Å². The second kappa shape index (κ2) is 5.79. The Morgan fingerprint density at radius 2 is 2.26 bits per heavy atom. The molecule has 1 amide bonds. The lowest BCUT2D eigenvalue weighted by atomic mass is 10.2. The van der Waals surface area contributed by atoms with Crippen molar-refractivity contribution >= 4 is 11.9 Å². The number of carbonyl (C=O) groups is 2. The molecule has 19 heavy (non-hydrogen) atoms. The van der Waals surface area contributed by atoms with E-state index in [9.17, 15) is 9.59 Å². The van der Waals surface area contributed by atoms with Gasteiger partial charge in [-0.25, -0.2) is 9.78 Å². The number of carboxylic acids is 1. The summed E-state index contributed by atoms with van der Waals surface area (Å²) in [6.45, 7) is 3.77. The summed E-state index contributed by atoms with van der Waals surface area (Å²) in [7, 11) is 0. The fourth-order valence-electron chi connectivity index (χ4n) is 2.01. The van der Waals surface area contributed by atoms with Gasteiger partial charge in [0.2, 0.25) is 0 Å². The van der Waals surface area contributed by atoms with E-state index in [1.807, 2.05) is 6.92 Å². The summed E-state index contributed by atoms with van der Waals surface area (Å²) in [5.41, 5.74) is 0.336. The second-order valence-corrected chi connectivity index (χ2v) is 4.52. The summed E-state index contributed by atoms with van der Waals surface area (Å²) in [6.07, 6.45) is 2.12. The summed E-state index contributed by atoms with van der Waals surface area (Å²) in [5, 5.41) is 8.76. The second-order valence-electron chi connectivity index (χ2n) is 4.52. The fraction of sp³-hybridized carbons (Fsp3) is 0.462. The average Bonchev–Trinajstić information content (AvgIpc) is 2.62. The number of aromatic nitrogens is 1. The monoisotopic (exact) mass is 264 g/mol. The lowest BCUT2D eigenvalue weighted by Gasteiger charge is -2.22. The van der Waals surface area contributed by atoms with E-state index in [0.717, 1.165) is 6.42 Å². The molecule has 0 bridgehead atoms. The predicted molar refractivity (Wildman–Crippen MR) is 67.1 cm³/mol. The Morgan fingerprint density at radius 1 is 1.47 bits per heavy atom. The van der Waals surface area contributed by atoms with Crippen LogP contribution in [0, 0.1) is 0 Å². The zero-order valence-electron chi connectivity index (χ0n) is 10.7. The molecule has 2 heterocycles. The minimum atomic E-state index is -1.10. The zero-order valence-corrected chi connectivity index (χ0v) is 10.7. The van der Waals surface area contributed by atoms with Gasteiger partial charge in [-0.3, -0.25) is 4.79 Å². The number of carbonyl (C=O) groups excluding carboxylic acids is 1. The van der Waals surface area contributed by atoms with E-state index in [4.69, 9.17) is 9.84 Å². The van der Waals surface area contributed by atoms with Crippen LogP contribution in [0.25, 0.3) is 0 Å². The first-order valence-electron chi connectivity index (χ1n) is 6.18. The van der Waals surface area contributed by atoms with Crippen molar-refractivity contribution in [2.75, 3.05) is 19.7 Å². The molecule has 6 heteroatoms. The highest BCUT2D eigenvalue weighted by molar-refractivity contribution is 5.94. The molecule has 102 valence electrons. The minimum absolute atomic E-state index is 0.0118. The van der Waals surface area contributed by atoms with E-state index in [-0.39, 0.29) is 17.7 Å². The first-order chi connectivity index (χ1) is 9.08. The number of carboxylic acid groups (broad SMARTS) is 1. The van der Waals surface area contributed by atoms with Gasteiger partial charge in [-0.1, -0.05) is 0 Å². The molecule has 1 N–H and O–H groups in total. The molecular formula is C13H16N2O4. The molecule has 1 aromatic heterocycles. The molecule has 1 unspecified atom stereocenters. The van der Waals surface area contributed by atoms with Crippen molar-refractivity contribution in [2.24, 2.45) is 0 Å². The van der Waals surface area contributed by atoms with Crippen LogP contribution in [0.3, 0.4) is 0 Å². The van der Waals surface area contributed by atoms with E-state index in [1.165, 1.54) is 18.3 Å². The highest BCUT2D eigenvalue weighted by Gasteiger charge is 2.21. The topological polar surface area (TPSA) is 79.7 Å². The summed E-state index contributed by atoms with van der Waals surface area (Å²) in [6, 6.07) is 2.84. The van der Waals surface area contributed by atoms with Gasteiger partial charge in [0.25, 0.3) is 5.91 Å². The zero-order chi connectivity index (χ0) is 13.8. The van der Waals surface area contributed by atoms with Crippen LogP contribution in [0.1, 0.15) is 34.2 Å². The highest BCUT2D eigenvalue weighted by Crippen LogP contribution is 2.10. The molecule has 0 radical (unpaired) electrons. The molecule has 0 spiro atoms. The molecule has 6 nitrogen and oxygen atoms in total. The lowest BCUT2D eigenvalue weighted by molar-refractivity contribution is 0.0562. The first-order valence-corrected chi connectivity index (χ1v) is 6.18. The molecule has 2 rings (SSSR count). The van der Waals surface area contributed by atoms with Crippen molar-refractivity contribution < 1.29 is 19.4 Å². The third-order valence-electron chi connectivity index (χ3n) is 2.97. The first kappa shape index (κ1) is 13.5. The maximum absolute atomic E-state index is 12.3. The van der Waals surface area contributed by atoms with Crippen LogP contribution in [0.2, 0.25) is 0 Å². The van der Waals surface area contributed by atoms with Gasteiger partial charge in [0, 0.05) is 25.9 Å². The van der Waals surface area contributed by atoms with Crippen molar-refractivity contribution in [2.45, 2.75) is 19.4 Å². The summed E-state index contributed by atoms with van der Waals surface area (Å²) in [5.74, 6) is -1.24. The van der Waals surface area contributed by atoms with Gasteiger partial charge >= 0.3 is 5.97 Å². The van der Waals surface area contributed by atoms with Gasteiger partial charge in [-0.05, 0) is 25.5 Å². The Bertz CT molecular complexity index is 472. The largest absolute Gasteiger partial charge is 0.477 e. The molecule has 0 saturated carbocycles. The van der Waals surface area contributed by atoms with Crippen LogP contribution in [0.15, 0.2) is 18.3 Å². The third-order valence-corrected chi connectivity index (χ3v) is 2.97. The van der Waals surface area contributed by atoms with Crippen molar-refractivity contribution in [3.05, 3.63) is 29.6 Å². The van der Waals surface area contributed by atoms with Crippen molar-refractivity contribution in [3.63, 3.8) is 0 Å². The molecule has 1 aliphatic heterocycles. The van der Waals surface area contributed by atoms with Crippen LogP contribution in [-0.2, 0) is 4.74 Å². The Hall–Kier alpha value is -1.95. The molecule has 1 fully saturated rings. The number of hydrogen-bond acceptors (Lipinski definition) is 4. The number of hydrogen-bond donors (Lipinski definition) is 1. The molecule has 1 saturated heterocycles. The quantitative estimate of drug-likeness (QED) is 0.863. The maximum atomic E-state index is 12.3. The van der Waals surface area contributed by atoms with Crippen LogP contribution in [0.4, 0.5) is 0 Å². The van der Waals surface area contributed by atoms with Crippen LogP contribution < -0.4 is 0 Å². The lowest BCUT2D eigenvalue weighted by Crippen LogP contribution is -2.36. The number of amides is 1. The van der Waals surface area contributed by atoms with Gasteiger partial charge in [-0.15, -0.1) is 0 Å². The average molecular weight is 264 g/mol. The minimum Gasteiger partial charge on any atom is -0.477 e. The fourth-order valence-corrected chi connectivity index (χ4v) is 2.01. The smallest absolute Gasteiger partial charge is 0.354 e. The van der Waals surface area contributed by atoms with Gasteiger partial charge in [0.15, 0.2) is 0 Å². The van der Waals surface area contributed by atoms with Crippen LogP contribution in [-0.4, -0.2) is 52.7 Å². The van der Waals surface area contributed by atoms with E-state index < -0.39 is 5.97 Å². The van der Waals surface area contributed by atoms with E-state index in [0.29, 0.717) is 25.3 Å². The Kier molecular flexibility index (Phi) is 4.11. The van der Waals surface area contributed by atoms with E-state index in [2.05, 4.69) is 4.98 Å². The SMILES string of the molecule is CC1CN(C(=O)c2ccc(C(=O)O)nc2)CCCO1. The Balaban J connectivity index is 2.11. The number of rotatable bonds is 2. The molecule has 1 aliphatic rings. The molecule has 0 aromatic carbocycles. The number of pyridine rings is 1. The maximum Gasteiger partial charge on any atom is 0.354 e. The van der Waals surface area contributed by atoms with Crippen LogP contribution in [0.5, 0.6) is 0 Å². The van der Waals surface area contributed by atoms with Crippen molar-refractivity contribution in [1.82, 2.24) is 9.88 Å². The Morgan fingerprint density at radius 3 is 2.89 bits per heavy atom. The van der Waals surface area contributed by atoms with E-state index in [1.54, 1.807) is 4.90 Å². The van der Waals surface area contributed by atoms with E-state index >= 15 is 0 Å². The Labute approximate surface area is 111 Å². The normalized spacial score (nSPS) is 19.8. The summed E-state index contributed by atoms with van der Waals surface area (Å²) in [4.78, 5) is 28.4. The molecule has 0 aliphatic carbocycles. The standard InChI is InChI=1S/C13H16N2O4/c1-9-8-15(5-2-6-19-9)12(16)10-3-4-11(13(17)18)14-7-10/h3-4,7,9H,2,5-6,8H2,1H3,(H,17,18). The molecular weight excluding hydrogens is 248 g/mol. The number of aromatic carboxylic acids is 1. The summed E-state index contributed by atoms with van der Waals surface area (Å²) < 4.78 is 5.48. The summed E-state index contributed by atoms with van der Waals surface area (Å²) >= 11 is 0. The van der Waals surface area contributed by atoms with Gasteiger partial charge in [0.1, 0.15) is 5.69 Å². The molecule has 1 atom stereocenters. The van der Waals surface area contributed by atoms with Gasteiger partial charge < -0.3 is 14.7 Å². The van der Waals surface area contributed by atoms with Gasteiger partial charge in [0.05, 0.1) is 11.7 Å². The third kappa shape index (κ3) is 3.29. The van der Waals surface area contributed by atoms with Crippen LogP contribution >= 0.6 is 0 Å². The van der Waals surface area contributed by atoms with Gasteiger partial charge in [-0.2, -0.15) is 0 Å². The number of ether oxygens (including phenoxy) is 1. The predicted octanol–water partition coefficient (Wildman–Crippen LogP) is 1.03. The molecule has 1 aromatic rings. The highest BCUT2D eigenvalue weighted by atomic mass is 16.5.